The van der Waals surface area contributed by atoms with Gasteiger partial charge in [0.25, 0.3) is 0 Å². The number of Topliss-reactive ketones (excluding diaryl/α,β-unsaturated/α-hetero) is 1. The second-order valence-electron chi connectivity index (χ2n) is 5.14. The van der Waals surface area contributed by atoms with Gasteiger partial charge in [0.05, 0.1) is 11.6 Å². The van der Waals surface area contributed by atoms with E-state index in [0.29, 0.717) is 11.5 Å². The molecule has 102 valence electrons. The number of hydrogen-bond donors (Lipinski definition) is 1. The van der Waals surface area contributed by atoms with Gasteiger partial charge < -0.3 is 5.32 Å². The van der Waals surface area contributed by atoms with E-state index in [1.54, 1.807) is 12.4 Å². The molecule has 1 aromatic heterocycles. The van der Waals surface area contributed by atoms with Crippen LogP contribution in [0.5, 0.6) is 0 Å². The average molecular weight is 267 g/mol. The minimum Gasteiger partial charge on any atom is -0.347 e. The molecule has 2 aromatic rings. The SMILES string of the molecule is CC(=O)c1cnc(N[C@@H]2CCCc3ccccc32)nc1. The van der Waals surface area contributed by atoms with Crippen LogP contribution in [0, 0.1) is 0 Å². The third-order valence-electron chi connectivity index (χ3n) is 3.73. The molecule has 1 aliphatic rings. The van der Waals surface area contributed by atoms with Gasteiger partial charge in [-0.05, 0) is 37.3 Å². The molecule has 0 saturated heterocycles. The molecule has 20 heavy (non-hydrogen) atoms. The van der Waals surface area contributed by atoms with E-state index in [-0.39, 0.29) is 11.8 Å². The number of rotatable bonds is 3. The van der Waals surface area contributed by atoms with E-state index in [9.17, 15) is 4.79 Å². The lowest BCUT2D eigenvalue weighted by Crippen LogP contribution is -2.18. The summed E-state index contributed by atoms with van der Waals surface area (Å²) in [6.07, 6.45) is 6.53. The number of carbonyl (C=O) groups excluding carboxylic acids is 1. The van der Waals surface area contributed by atoms with Gasteiger partial charge in [0, 0.05) is 12.4 Å². The number of hydrogen-bond acceptors (Lipinski definition) is 4. The minimum absolute atomic E-state index is 0.0143. The fourth-order valence-corrected chi connectivity index (χ4v) is 2.64. The molecule has 0 radical (unpaired) electrons. The highest BCUT2D eigenvalue weighted by atomic mass is 16.1. The van der Waals surface area contributed by atoms with Crippen LogP contribution in [0.15, 0.2) is 36.7 Å². The fourth-order valence-electron chi connectivity index (χ4n) is 2.64. The maximum atomic E-state index is 11.2. The fraction of sp³-hybridized carbons (Fsp3) is 0.312. The highest BCUT2D eigenvalue weighted by molar-refractivity contribution is 5.93. The van der Waals surface area contributed by atoms with Crippen LogP contribution >= 0.6 is 0 Å². The van der Waals surface area contributed by atoms with Crippen LogP contribution in [-0.2, 0) is 6.42 Å². The first-order valence-corrected chi connectivity index (χ1v) is 6.91. The van der Waals surface area contributed by atoms with Crippen LogP contribution in [0.25, 0.3) is 0 Å². The van der Waals surface area contributed by atoms with Crippen molar-refractivity contribution in [3.63, 3.8) is 0 Å². The molecular weight excluding hydrogens is 250 g/mol. The van der Waals surface area contributed by atoms with E-state index in [4.69, 9.17) is 0 Å². The zero-order chi connectivity index (χ0) is 13.9. The molecular formula is C16H17N3O. The predicted octanol–water partition coefficient (Wildman–Crippen LogP) is 3.17. The van der Waals surface area contributed by atoms with Gasteiger partial charge in [-0.15, -0.1) is 0 Å². The number of anilines is 1. The third-order valence-corrected chi connectivity index (χ3v) is 3.73. The molecule has 0 spiro atoms. The summed E-state index contributed by atoms with van der Waals surface area (Å²) < 4.78 is 0. The van der Waals surface area contributed by atoms with E-state index in [1.807, 2.05) is 0 Å². The summed E-state index contributed by atoms with van der Waals surface area (Å²) in [4.78, 5) is 19.7. The van der Waals surface area contributed by atoms with Crippen LogP contribution in [0.2, 0.25) is 0 Å². The molecule has 4 nitrogen and oxygen atoms in total. The minimum atomic E-state index is -0.0143. The number of carbonyl (C=O) groups is 1. The molecule has 1 heterocycles. The molecule has 0 fully saturated rings. The average Bonchev–Trinajstić information content (AvgIpc) is 2.48. The Hall–Kier alpha value is -2.23. The molecule has 0 aliphatic heterocycles. The van der Waals surface area contributed by atoms with E-state index in [0.717, 1.165) is 12.8 Å². The zero-order valence-electron chi connectivity index (χ0n) is 11.5. The first-order chi connectivity index (χ1) is 9.74. The summed E-state index contributed by atoms with van der Waals surface area (Å²) in [7, 11) is 0. The predicted molar refractivity (Wildman–Crippen MR) is 77.8 cm³/mol. The lowest BCUT2D eigenvalue weighted by atomic mass is 9.88. The van der Waals surface area contributed by atoms with E-state index < -0.39 is 0 Å². The number of aromatic nitrogens is 2. The topological polar surface area (TPSA) is 54.9 Å². The molecule has 0 saturated carbocycles. The van der Waals surface area contributed by atoms with Crippen molar-refractivity contribution in [2.24, 2.45) is 0 Å². The molecule has 4 heteroatoms. The maximum absolute atomic E-state index is 11.2. The standard InChI is InChI=1S/C16H17N3O/c1-11(20)13-9-17-16(18-10-13)19-15-8-4-6-12-5-2-3-7-14(12)15/h2-3,5,7,9-10,15H,4,6,8H2,1H3,(H,17,18,19)/t15-/m1/s1. The molecule has 0 amide bonds. The summed E-state index contributed by atoms with van der Waals surface area (Å²) in [5, 5.41) is 3.37. The summed E-state index contributed by atoms with van der Waals surface area (Å²) in [5.74, 6) is 0.566. The van der Waals surface area contributed by atoms with Crippen molar-refractivity contribution >= 4 is 11.7 Å². The van der Waals surface area contributed by atoms with E-state index >= 15 is 0 Å². The summed E-state index contributed by atoms with van der Waals surface area (Å²) in [6, 6.07) is 8.75. The highest BCUT2D eigenvalue weighted by Gasteiger charge is 2.20. The van der Waals surface area contributed by atoms with Crippen LogP contribution in [-0.4, -0.2) is 15.8 Å². The molecule has 1 atom stereocenters. The number of benzene rings is 1. The first kappa shape index (κ1) is 12.8. The zero-order valence-corrected chi connectivity index (χ0v) is 11.5. The van der Waals surface area contributed by atoms with Crippen LogP contribution < -0.4 is 5.32 Å². The highest BCUT2D eigenvalue weighted by Crippen LogP contribution is 2.31. The number of fused-ring (bicyclic) bond motifs is 1. The Kier molecular flexibility index (Phi) is 3.46. The van der Waals surface area contributed by atoms with Gasteiger partial charge in [-0.25, -0.2) is 9.97 Å². The van der Waals surface area contributed by atoms with Crippen molar-refractivity contribution < 1.29 is 4.79 Å². The summed E-state index contributed by atoms with van der Waals surface area (Å²) >= 11 is 0. The molecule has 3 rings (SSSR count). The number of nitrogens with one attached hydrogen (secondary N) is 1. The Balaban J connectivity index is 1.80. The van der Waals surface area contributed by atoms with Gasteiger partial charge in [-0.1, -0.05) is 24.3 Å². The molecule has 1 aliphatic carbocycles. The first-order valence-electron chi connectivity index (χ1n) is 6.91. The van der Waals surface area contributed by atoms with Crippen molar-refractivity contribution in [3.05, 3.63) is 53.3 Å². The van der Waals surface area contributed by atoms with Crippen LogP contribution in [0.3, 0.4) is 0 Å². The Morgan fingerprint density at radius 1 is 1.25 bits per heavy atom. The van der Waals surface area contributed by atoms with Gasteiger partial charge in [0.15, 0.2) is 5.78 Å². The Bertz CT molecular complexity index is 622. The van der Waals surface area contributed by atoms with Crippen molar-refractivity contribution in [1.29, 1.82) is 0 Å². The second-order valence-corrected chi connectivity index (χ2v) is 5.14. The quantitative estimate of drug-likeness (QED) is 0.868. The van der Waals surface area contributed by atoms with Gasteiger partial charge in [0.1, 0.15) is 0 Å². The lowest BCUT2D eigenvalue weighted by Gasteiger charge is -2.26. The molecule has 1 aromatic carbocycles. The van der Waals surface area contributed by atoms with Gasteiger partial charge >= 0.3 is 0 Å². The Labute approximate surface area is 118 Å². The van der Waals surface area contributed by atoms with Gasteiger partial charge in [-0.3, -0.25) is 4.79 Å². The number of aryl methyl sites for hydroxylation is 1. The van der Waals surface area contributed by atoms with Gasteiger partial charge in [0.2, 0.25) is 5.95 Å². The van der Waals surface area contributed by atoms with E-state index in [1.165, 1.54) is 24.5 Å². The second kappa shape index (κ2) is 5.41. The molecule has 0 bridgehead atoms. The van der Waals surface area contributed by atoms with Crippen molar-refractivity contribution in [1.82, 2.24) is 9.97 Å². The normalized spacial score (nSPS) is 17.4. The number of ketones is 1. The molecule has 1 N–H and O–H groups in total. The Morgan fingerprint density at radius 3 is 2.75 bits per heavy atom. The smallest absolute Gasteiger partial charge is 0.223 e. The molecule has 0 unspecified atom stereocenters. The Morgan fingerprint density at radius 2 is 2.00 bits per heavy atom. The lowest BCUT2D eigenvalue weighted by molar-refractivity contribution is 0.101. The monoisotopic (exact) mass is 267 g/mol. The van der Waals surface area contributed by atoms with Crippen LogP contribution in [0.1, 0.15) is 47.3 Å². The van der Waals surface area contributed by atoms with Crippen molar-refractivity contribution in [2.75, 3.05) is 5.32 Å². The summed E-state index contributed by atoms with van der Waals surface area (Å²) in [5.41, 5.74) is 3.27. The van der Waals surface area contributed by atoms with Crippen LogP contribution in [0.4, 0.5) is 5.95 Å². The number of nitrogens with zero attached hydrogens (tertiary/aromatic N) is 2. The van der Waals surface area contributed by atoms with Crippen molar-refractivity contribution in [2.45, 2.75) is 32.2 Å². The third kappa shape index (κ3) is 2.54. The van der Waals surface area contributed by atoms with E-state index in [2.05, 4.69) is 39.6 Å². The van der Waals surface area contributed by atoms with Gasteiger partial charge in [-0.2, -0.15) is 0 Å². The summed E-state index contributed by atoms with van der Waals surface area (Å²) in [6.45, 7) is 1.52. The largest absolute Gasteiger partial charge is 0.347 e. The maximum Gasteiger partial charge on any atom is 0.223 e. The van der Waals surface area contributed by atoms with Crippen molar-refractivity contribution in [3.8, 4) is 0 Å².